The van der Waals surface area contributed by atoms with Crippen LogP contribution in [0.1, 0.15) is 16.7 Å². The smallest absolute Gasteiger partial charge is 0.281 e. The Labute approximate surface area is 195 Å². The summed E-state index contributed by atoms with van der Waals surface area (Å²) in [6, 6.07) is 20.8. The average Bonchev–Trinajstić information content (AvgIpc) is 2.83. The maximum Gasteiger partial charge on any atom is 0.281 e. The summed E-state index contributed by atoms with van der Waals surface area (Å²) in [6.45, 7) is 0.0347. The lowest BCUT2D eigenvalue weighted by Gasteiger charge is -2.27. The highest BCUT2D eigenvalue weighted by Gasteiger charge is 2.39. The first kappa shape index (κ1) is 23.1. The molecule has 0 heterocycles. The molecule has 3 aromatic carbocycles. The van der Waals surface area contributed by atoms with E-state index in [9.17, 15) is 9.90 Å². The number of hydrazone groups is 1. The second-order valence-electron chi connectivity index (χ2n) is 6.66. The Morgan fingerprint density at radius 1 is 1.16 bits per heavy atom. The number of methoxy groups -OCH3 is 1. The third-order valence-corrected chi connectivity index (χ3v) is 5.11. The Bertz CT molecular complexity index is 1100. The van der Waals surface area contributed by atoms with E-state index in [1.54, 1.807) is 60.7 Å². The van der Waals surface area contributed by atoms with Crippen molar-refractivity contribution >= 4 is 28.1 Å². The quantitative estimate of drug-likeness (QED) is 0.284. The molecule has 3 aromatic rings. The minimum atomic E-state index is -1.93. The summed E-state index contributed by atoms with van der Waals surface area (Å²) >= 11 is 3.41. The molecule has 0 aromatic heterocycles. The molecule has 3 rings (SSSR count). The maximum absolute atomic E-state index is 13.1. The first-order valence-electron chi connectivity index (χ1n) is 9.61. The minimum Gasteiger partial charge on any atom is -0.493 e. The zero-order valence-corrected chi connectivity index (χ0v) is 18.9. The van der Waals surface area contributed by atoms with Crippen molar-refractivity contribution in [3.05, 3.63) is 94.0 Å². The summed E-state index contributed by atoms with van der Waals surface area (Å²) in [5.41, 5.74) is 1.86. The molecule has 0 aliphatic carbocycles. The Morgan fingerprint density at radius 3 is 2.28 bits per heavy atom. The first-order valence-corrected chi connectivity index (χ1v) is 10.4. The van der Waals surface area contributed by atoms with Crippen LogP contribution in [0.25, 0.3) is 0 Å². The molecule has 32 heavy (non-hydrogen) atoms. The van der Waals surface area contributed by atoms with Gasteiger partial charge in [-0.3, -0.25) is 4.79 Å². The predicted molar refractivity (Wildman–Crippen MR) is 127 cm³/mol. The molecular weight excluding hydrogens is 472 g/mol. The van der Waals surface area contributed by atoms with E-state index in [0.29, 0.717) is 28.2 Å². The zero-order valence-electron chi connectivity index (χ0n) is 17.3. The van der Waals surface area contributed by atoms with Gasteiger partial charge in [-0.1, -0.05) is 82.5 Å². The molecule has 2 N–H and O–H groups in total. The van der Waals surface area contributed by atoms with Crippen molar-refractivity contribution in [1.82, 2.24) is 5.43 Å². The van der Waals surface area contributed by atoms with E-state index in [0.717, 1.165) is 4.47 Å². The van der Waals surface area contributed by atoms with Crippen molar-refractivity contribution in [2.24, 2.45) is 5.10 Å². The van der Waals surface area contributed by atoms with Crippen molar-refractivity contribution in [2.45, 2.75) is 5.60 Å². The van der Waals surface area contributed by atoms with Crippen LogP contribution in [-0.2, 0) is 10.4 Å². The van der Waals surface area contributed by atoms with Gasteiger partial charge in [-0.2, -0.15) is 5.10 Å². The number of ether oxygens (including phenoxy) is 2. The fourth-order valence-electron chi connectivity index (χ4n) is 3.13. The number of amides is 1. The summed E-state index contributed by atoms with van der Waals surface area (Å²) in [6.07, 6.45) is 6.70. The van der Waals surface area contributed by atoms with Crippen LogP contribution in [-0.4, -0.2) is 30.9 Å². The molecule has 162 valence electrons. The van der Waals surface area contributed by atoms with Crippen molar-refractivity contribution in [1.29, 1.82) is 0 Å². The van der Waals surface area contributed by atoms with Crippen molar-refractivity contribution in [3.8, 4) is 23.8 Å². The largest absolute Gasteiger partial charge is 0.493 e. The number of terminal acetylenes is 1. The molecule has 0 spiro atoms. The number of nitrogens with one attached hydrogen (secondary N) is 1. The van der Waals surface area contributed by atoms with Crippen LogP contribution >= 0.6 is 15.9 Å². The van der Waals surface area contributed by atoms with E-state index in [2.05, 4.69) is 32.4 Å². The van der Waals surface area contributed by atoms with E-state index < -0.39 is 11.5 Å². The highest BCUT2D eigenvalue weighted by molar-refractivity contribution is 9.10. The number of benzene rings is 3. The fourth-order valence-corrected chi connectivity index (χ4v) is 3.59. The monoisotopic (exact) mass is 492 g/mol. The summed E-state index contributed by atoms with van der Waals surface area (Å²) in [5, 5.41) is 15.5. The van der Waals surface area contributed by atoms with Gasteiger partial charge in [0.1, 0.15) is 6.61 Å². The number of hydrogen-bond acceptors (Lipinski definition) is 5. The van der Waals surface area contributed by atoms with Crippen LogP contribution in [0.5, 0.6) is 11.5 Å². The van der Waals surface area contributed by atoms with Gasteiger partial charge in [0.2, 0.25) is 0 Å². The molecule has 7 heteroatoms. The van der Waals surface area contributed by atoms with E-state index >= 15 is 0 Å². The van der Waals surface area contributed by atoms with Gasteiger partial charge in [0.05, 0.1) is 13.3 Å². The van der Waals surface area contributed by atoms with Gasteiger partial charge >= 0.3 is 0 Å². The first-order chi connectivity index (χ1) is 15.5. The summed E-state index contributed by atoms with van der Waals surface area (Å²) in [4.78, 5) is 13.1. The number of halogens is 1. The molecule has 0 bridgehead atoms. The molecule has 0 aliphatic rings. The van der Waals surface area contributed by atoms with Gasteiger partial charge < -0.3 is 14.6 Å². The molecule has 0 saturated heterocycles. The number of carbonyl (C=O) groups is 1. The summed E-state index contributed by atoms with van der Waals surface area (Å²) < 4.78 is 11.7. The summed E-state index contributed by atoms with van der Waals surface area (Å²) in [5.74, 6) is 2.53. The highest BCUT2D eigenvalue weighted by atomic mass is 79.9. The normalized spacial score (nSPS) is 11.1. The van der Waals surface area contributed by atoms with Gasteiger partial charge in [-0.05, 0) is 23.3 Å². The molecule has 0 aliphatic heterocycles. The molecule has 0 unspecified atom stereocenters. The summed E-state index contributed by atoms with van der Waals surface area (Å²) in [7, 11) is 1.51. The number of rotatable bonds is 8. The Balaban J connectivity index is 1.92. The van der Waals surface area contributed by atoms with Crippen LogP contribution in [0.4, 0.5) is 0 Å². The lowest BCUT2D eigenvalue weighted by molar-refractivity contribution is -0.136. The molecule has 0 atom stereocenters. The highest BCUT2D eigenvalue weighted by Crippen LogP contribution is 2.34. The van der Waals surface area contributed by atoms with Crippen LogP contribution < -0.4 is 14.9 Å². The second kappa shape index (κ2) is 10.6. The van der Waals surface area contributed by atoms with Crippen LogP contribution in [0, 0.1) is 12.3 Å². The zero-order chi connectivity index (χ0) is 23.0. The van der Waals surface area contributed by atoms with Gasteiger partial charge in [0.15, 0.2) is 17.1 Å². The predicted octanol–water partition coefficient (Wildman–Crippen LogP) is 3.86. The van der Waals surface area contributed by atoms with Crippen molar-refractivity contribution in [3.63, 3.8) is 0 Å². The Morgan fingerprint density at radius 2 is 1.75 bits per heavy atom. The third-order valence-electron chi connectivity index (χ3n) is 4.65. The van der Waals surface area contributed by atoms with Crippen LogP contribution in [0.15, 0.2) is 82.4 Å². The van der Waals surface area contributed by atoms with Crippen molar-refractivity contribution in [2.75, 3.05) is 13.7 Å². The number of nitrogens with zero attached hydrogens (tertiary/aromatic N) is 1. The third kappa shape index (κ3) is 4.99. The van der Waals surface area contributed by atoms with Gasteiger partial charge in [-0.25, -0.2) is 5.43 Å². The molecule has 0 fully saturated rings. The topological polar surface area (TPSA) is 80.2 Å². The van der Waals surface area contributed by atoms with Crippen LogP contribution in [0.3, 0.4) is 0 Å². The fraction of sp³-hybridized carbons (Fsp3) is 0.120. The standard InChI is InChI=1S/C25H21BrN2O4/c1-3-14-32-23-18(15-21(26)16-22(23)31-2)17-27-28-24(29)25(30,19-10-6-4-7-11-19)20-12-8-5-9-13-20/h1,4-13,15-17,30H,14H2,2H3,(H,28,29)/b27-17-. The SMILES string of the molecule is C#CCOc1c(/C=N\NC(=O)C(O)(c2ccccc2)c2ccccc2)cc(Br)cc1OC. The van der Waals surface area contributed by atoms with Gasteiger partial charge in [0.25, 0.3) is 5.91 Å². The lowest BCUT2D eigenvalue weighted by atomic mass is 9.85. The molecule has 0 radical (unpaired) electrons. The van der Waals surface area contributed by atoms with E-state index in [4.69, 9.17) is 15.9 Å². The van der Waals surface area contributed by atoms with Crippen molar-refractivity contribution < 1.29 is 19.4 Å². The Kier molecular flexibility index (Phi) is 7.66. The van der Waals surface area contributed by atoms with Gasteiger partial charge in [0, 0.05) is 10.0 Å². The average molecular weight is 493 g/mol. The van der Waals surface area contributed by atoms with E-state index in [-0.39, 0.29) is 6.61 Å². The maximum atomic E-state index is 13.1. The minimum absolute atomic E-state index is 0.0347. The second-order valence-corrected chi connectivity index (χ2v) is 7.58. The van der Waals surface area contributed by atoms with Crippen LogP contribution in [0.2, 0.25) is 0 Å². The molecule has 0 saturated carbocycles. The molecular formula is C25H21BrN2O4. The number of hydrogen-bond donors (Lipinski definition) is 2. The lowest BCUT2D eigenvalue weighted by Crippen LogP contribution is -2.43. The van der Waals surface area contributed by atoms with E-state index in [1.165, 1.54) is 13.3 Å². The number of aliphatic hydroxyl groups is 1. The number of carbonyl (C=O) groups excluding carboxylic acids is 1. The molecule has 6 nitrogen and oxygen atoms in total. The Hall–Kier alpha value is -3.60. The van der Waals surface area contributed by atoms with Gasteiger partial charge in [-0.15, -0.1) is 6.42 Å². The molecule has 1 amide bonds. The van der Waals surface area contributed by atoms with E-state index in [1.807, 2.05) is 12.1 Å².